The van der Waals surface area contributed by atoms with Crippen LogP contribution in [0.1, 0.15) is 11.1 Å². The first-order valence-corrected chi connectivity index (χ1v) is 8.79. The molecule has 0 aliphatic carbocycles. The molecule has 2 aromatic carbocycles. The van der Waals surface area contributed by atoms with Gasteiger partial charge in [-0.25, -0.2) is 0 Å². The Labute approximate surface area is 153 Å². The topological polar surface area (TPSA) is 52.9 Å². The van der Waals surface area contributed by atoms with Crippen LogP contribution in [0.2, 0.25) is 15.1 Å². The normalized spacial score (nSPS) is 10.2. The van der Waals surface area contributed by atoms with E-state index in [-0.39, 0.29) is 11.7 Å². The highest BCUT2D eigenvalue weighted by Crippen LogP contribution is 2.25. The summed E-state index contributed by atoms with van der Waals surface area (Å²) >= 11 is 19.2. The molecule has 3 nitrogen and oxygen atoms in total. The molecule has 0 bridgehead atoms. The molecule has 0 unspecified atom stereocenters. The number of halogens is 3. The van der Waals surface area contributed by atoms with Gasteiger partial charge in [-0.1, -0.05) is 40.9 Å². The van der Waals surface area contributed by atoms with E-state index < -0.39 is 0 Å². The quantitative estimate of drug-likeness (QED) is 0.750. The minimum Gasteiger partial charge on any atom is -0.325 e. The van der Waals surface area contributed by atoms with E-state index in [4.69, 9.17) is 40.1 Å². The van der Waals surface area contributed by atoms with Crippen LogP contribution < -0.4 is 5.32 Å². The lowest BCUT2D eigenvalue weighted by atomic mass is 10.2. The third-order valence-electron chi connectivity index (χ3n) is 2.86. The third kappa shape index (κ3) is 5.33. The summed E-state index contributed by atoms with van der Waals surface area (Å²) < 4.78 is 0. The van der Waals surface area contributed by atoms with Gasteiger partial charge < -0.3 is 5.32 Å². The molecule has 0 aliphatic rings. The van der Waals surface area contributed by atoms with Gasteiger partial charge >= 0.3 is 0 Å². The molecular formula is C16H11Cl3N2OS. The predicted octanol–water partition coefficient (Wildman–Crippen LogP) is 5.39. The number of nitrogens with zero attached hydrogens (tertiary/aromatic N) is 1. The molecule has 1 amide bonds. The first-order valence-electron chi connectivity index (χ1n) is 6.51. The molecule has 0 radical (unpaired) electrons. The van der Waals surface area contributed by atoms with Crippen LogP contribution in [0.25, 0.3) is 0 Å². The van der Waals surface area contributed by atoms with E-state index in [1.54, 1.807) is 30.3 Å². The van der Waals surface area contributed by atoms with Crippen LogP contribution in [-0.2, 0) is 10.5 Å². The fraction of sp³-hybridized carbons (Fsp3) is 0.125. The lowest BCUT2D eigenvalue weighted by Gasteiger charge is -2.07. The van der Waals surface area contributed by atoms with E-state index in [1.165, 1.54) is 11.8 Å². The number of thioether (sulfide) groups is 1. The summed E-state index contributed by atoms with van der Waals surface area (Å²) in [7, 11) is 0. The number of carbonyl (C=O) groups excluding carboxylic acids is 1. The Morgan fingerprint density at radius 2 is 1.87 bits per heavy atom. The first kappa shape index (κ1) is 18.0. The van der Waals surface area contributed by atoms with Crippen molar-refractivity contribution in [3.63, 3.8) is 0 Å². The van der Waals surface area contributed by atoms with Crippen molar-refractivity contribution in [3.05, 3.63) is 62.6 Å². The van der Waals surface area contributed by atoms with Gasteiger partial charge in [0.05, 0.1) is 26.4 Å². The first-order chi connectivity index (χ1) is 11.0. The summed E-state index contributed by atoms with van der Waals surface area (Å²) in [5.41, 5.74) is 1.94. The number of nitrogens with one attached hydrogen (secondary N) is 1. The highest BCUT2D eigenvalue weighted by molar-refractivity contribution is 7.99. The maximum Gasteiger partial charge on any atom is 0.234 e. The fourth-order valence-electron chi connectivity index (χ4n) is 1.77. The Hall–Kier alpha value is -1.38. The van der Waals surface area contributed by atoms with E-state index in [0.29, 0.717) is 32.1 Å². The fourth-order valence-corrected chi connectivity index (χ4v) is 3.09. The molecule has 2 aromatic rings. The number of anilines is 1. The SMILES string of the molecule is N#Cc1ccc(NC(=O)CSCc2ccc(Cl)c(Cl)c2)cc1Cl. The molecule has 0 heterocycles. The molecule has 0 saturated heterocycles. The smallest absolute Gasteiger partial charge is 0.234 e. The zero-order chi connectivity index (χ0) is 16.8. The van der Waals surface area contributed by atoms with Gasteiger partial charge in [0.25, 0.3) is 0 Å². The zero-order valence-corrected chi connectivity index (χ0v) is 14.9. The van der Waals surface area contributed by atoms with Gasteiger partial charge in [0, 0.05) is 11.4 Å². The van der Waals surface area contributed by atoms with Crippen LogP contribution in [0.3, 0.4) is 0 Å². The molecule has 0 atom stereocenters. The van der Waals surface area contributed by atoms with Crippen molar-refractivity contribution in [2.45, 2.75) is 5.75 Å². The zero-order valence-electron chi connectivity index (χ0n) is 11.8. The van der Waals surface area contributed by atoms with Gasteiger partial charge in [-0.05, 0) is 35.9 Å². The minimum atomic E-state index is -0.143. The molecule has 118 valence electrons. The largest absolute Gasteiger partial charge is 0.325 e. The molecule has 23 heavy (non-hydrogen) atoms. The van der Waals surface area contributed by atoms with E-state index in [0.717, 1.165) is 5.56 Å². The number of nitriles is 1. The second kappa shape index (κ2) is 8.47. The molecule has 7 heteroatoms. The molecule has 0 fully saturated rings. The lowest BCUT2D eigenvalue weighted by molar-refractivity contribution is -0.113. The summed E-state index contributed by atoms with van der Waals surface area (Å²) in [6, 6.07) is 12.1. The summed E-state index contributed by atoms with van der Waals surface area (Å²) in [6.45, 7) is 0. The third-order valence-corrected chi connectivity index (χ3v) is 4.91. The highest BCUT2D eigenvalue weighted by Gasteiger charge is 2.06. The molecule has 1 N–H and O–H groups in total. The van der Waals surface area contributed by atoms with Crippen LogP contribution in [-0.4, -0.2) is 11.7 Å². The Kier molecular flexibility index (Phi) is 6.61. The van der Waals surface area contributed by atoms with E-state index >= 15 is 0 Å². The van der Waals surface area contributed by atoms with Gasteiger partial charge in [-0.2, -0.15) is 5.26 Å². The maximum absolute atomic E-state index is 11.9. The Balaban J connectivity index is 1.84. The molecule has 0 aliphatic heterocycles. The molecule has 2 rings (SSSR count). The minimum absolute atomic E-state index is 0.143. The average molecular weight is 386 g/mol. The summed E-state index contributed by atoms with van der Waals surface area (Å²) in [5.74, 6) is 0.798. The highest BCUT2D eigenvalue weighted by atomic mass is 35.5. The van der Waals surface area contributed by atoms with Crippen molar-refractivity contribution in [1.29, 1.82) is 5.26 Å². The van der Waals surface area contributed by atoms with Gasteiger partial charge in [0.15, 0.2) is 0 Å². The monoisotopic (exact) mass is 384 g/mol. The van der Waals surface area contributed by atoms with Crippen LogP contribution in [0.4, 0.5) is 5.69 Å². The average Bonchev–Trinajstić information content (AvgIpc) is 2.51. The van der Waals surface area contributed by atoms with Crippen LogP contribution in [0.15, 0.2) is 36.4 Å². The second-order valence-corrected chi connectivity index (χ2v) is 6.80. The molecule has 0 aromatic heterocycles. The summed E-state index contributed by atoms with van der Waals surface area (Å²) in [5, 5.41) is 12.9. The summed E-state index contributed by atoms with van der Waals surface area (Å²) in [6.07, 6.45) is 0. The van der Waals surface area contributed by atoms with Crippen molar-refractivity contribution < 1.29 is 4.79 Å². The Bertz CT molecular complexity index is 774. The summed E-state index contributed by atoms with van der Waals surface area (Å²) in [4.78, 5) is 11.9. The second-order valence-electron chi connectivity index (χ2n) is 4.60. The van der Waals surface area contributed by atoms with Crippen LogP contribution in [0, 0.1) is 11.3 Å². The number of hydrogen-bond donors (Lipinski definition) is 1. The molecule has 0 saturated carbocycles. The number of amides is 1. The lowest BCUT2D eigenvalue weighted by Crippen LogP contribution is -2.14. The number of benzene rings is 2. The van der Waals surface area contributed by atoms with E-state index in [9.17, 15) is 4.79 Å². The van der Waals surface area contributed by atoms with Crippen molar-refractivity contribution in [3.8, 4) is 6.07 Å². The van der Waals surface area contributed by atoms with E-state index in [1.807, 2.05) is 12.1 Å². The molecule has 0 spiro atoms. The van der Waals surface area contributed by atoms with Crippen molar-refractivity contribution in [2.24, 2.45) is 0 Å². The Morgan fingerprint density at radius 3 is 2.52 bits per heavy atom. The number of hydrogen-bond acceptors (Lipinski definition) is 3. The Morgan fingerprint density at radius 1 is 1.09 bits per heavy atom. The van der Waals surface area contributed by atoms with Crippen LogP contribution >= 0.6 is 46.6 Å². The van der Waals surface area contributed by atoms with Gasteiger partial charge in [0.2, 0.25) is 5.91 Å². The predicted molar refractivity (Wildman–Crippen MR) is 97.4 cm³/mol. The number of carbonyl (C=O) groups is 1. The van der Waals surface area contributed by atoms with Gasteiger partial charge in [0.1, 0.15) is 6.07 Å². The van der Waals surface area contributed by atoms with Crippen molar-refractivity contribution in [2.75, 3.05) is 11.1 Å². The maximum atomic E-state index is 11.9. The standard InChI is InChI=1S/C16H11Cl3N2OS/c17-13-4-1-10(5-15(13)19)8-23-9-16(22)21-12-3-2-11(7-20)14(18)6-12/h1-6H,8-9H2,(H,21,22). The van der Waals surface area contributed by atoms with Gasteiger partial charge in [-0.3, -0.25) is 4.79 Å². The van der Waals surface area contributed by atoms with Crippen LogP contribution in [0.5, 0.6) is 0 Å². The number of rotatable bonds is 5. The van der Waals surface area contributed by atoms with E-state index in [2.05, 4.69) is 5.32 Å². The van der Waals surface area contributed by atoms with Crippen molar-refractivity contribution in [1.82, 2.24) is 0 Å². The molecular weight excluding hydrogens is 375 g/mol. The van der Waals surface area contributed by atoms with Crippen molar-refractivity contribution >= 4 is 58.2 Å². The van der Waals surface area contributed by atoms with Gasteiger partial charge in [-0.15, -0.1) is 11.8 Å².